The highest BCUT2D eigenvalue weighted by Gasteiger charge is 2.25. The molecule has 0 saturated carbocycles. The van der Waals surface area contributed by atoms with Gasteiger partial charge in [-0.2, -0.15) is 0 Å². The van der Waals surface area contributed by atoms with Gasteiger partial charge in [-0.3, -0.25) is 14.0 Å². The lowest BCUT2D eigenvalue weighted by atomic mass is 9.98. The number of benzene rings is 2. The minimum atomic E-state index is -0.314. The Morgan fingerprint density at radius 3 is 2.90 bits per heavy atom. The van der Waals surface area contributed by atoms with E-state index in [0.29, 0.717) is 24.2 Å². The Morgan fingerprint density at radius 2 is 2.10 bits per heavy atom. The first-order chi connectivity index (χ1) is 15.0. The van der Waals surface area contributed by atoms with E-state index in [0.717, 1.165) is 52.3 Å². The van der Waals surface area contributed by atoms with Crippen LogP contribution in [0.25, 0.3) is 16.7 Å². The molecule has 0 saturated heterocycles. The highest BCUT2D eigenvalue weighted by Crippen LogP contribution is 2.28. The highest BCUT2D eigenvalue weighted by molar-refractivity contribution is 6.31. The molecule has 2 aromatic carbocycles. The number of nitrogens with zero attached hydrogens (tertiary/aromatic N) is 4. The van der Waals surface area contributed by atoms with E-state index in [1.165, 1.54) is 0 Å². The van der Waals surface area contributed by atoms with Crippen molar-refractivity contribution in [2.75, 3.05) is 6.54 Å². The quantitative estimate of drug-likeness (QED) is 0.532. The fraction of sp³-hybridized carbons (Fsp3) is 0.304. The van der Waals surface area contributed by atoms with Crippen molar-refractivity contribution >= 4 is 34.2 Å². The summed E-state index contributed by atoms with van der Waals surface area (Å²) in [4.78, 5) is 30.7. The Morgan fingerprint density at radius 1 is 1.26 bits per heavy atom. The van der Waals surface area contributed by atoms with Crippen molar-refractivity contribution in [3.05, 3.63) is 73.8 Å². The maximum absolute atomic E-state index is 13.4. The van der Waals surface area contributed by atoms with Gasteiger partial charge < -0.3 is 9.88 Å². The zero-order valence-corrected chi connectivity index (χ0v) is 18.2. The van der Waals surface area contributed by atoms with Crippen LogP contribution in [0.1, 0.15) is 46.2 Å². The average Bonchev–Trinajstić information content (AvgIpc) is 3.18. The van der Waals surface area contributed by atoms with Crippen LogP contribution >= 0.6 is 11.6 Å². The molecule has 0 aliphatic carbocycles. The second kappa shape index (κ2) is 7.50. The first kappa shape index (κ1) is 19.8. The molecule has 1 aliphatic rings. The van der Waals surface area contributed by atoms with Crippen molar-refractivity contribution in [3.8, 4) is 0 Å². The zero-order valence-electron chi connectivity index (χ0n) is 17.4. The number of nitrogens with one attached hydrogen (secondary N) is 1. The fourth-order valence-electron chi connectivity index (χ4n) is 4.40. The van der Waals surface area contributed by atoms with Crippen molar-refractivity contribution < 1.29 is 4.79 Å². The van der Waals surface area contributed by atoms with Gasteiger partial charge in [-0.15, -0.1) is 10.2 Å². The molecule has 1 aliphatic heterocycles. The Balaban J connectivity index is 1.58. The number of carbonyl (C=O) groups is 1. The Kier molecular flexibility index (Phi) is 4.78. The first-order valence-electron chi connectivity index (χ1n) is 10.4. The van der Waals surface area contributed by atoms with Crippen LogP contribution in [0.4, 0.5) is 0 Å². The average molecular weight is 436 g/mol. The van der Waals surface area contributed by atoms with E-state index >= 15 is 0 Å². The predicted octanol–water partition coefficient (Wildman–Crippen LogP) is 3.68. The molecule has 0 fully saturated rings. The molecule has 4 aromatic rings. The third kappa shape index (κ3) is 3.20. The van der Waals surface area contributed by atoms with E-state index in [4.69, 9.17) is 11.6 Å². The number of hydrogen-bond acceptors (Lipinski definition) is 4. The van der Waals surface area contributed by atoms with Crippen molar-refractivity contribution in [2.45, 2.75) is 39.7 Å². The minimum Gasteiger partial charge on any atom is -0.334 e. The molecule has 3 heterocycles. The van der Waals surface area contributed by atoms with Crippen LogP contribution in [0.5, 0.6) is 0 Å². The summed E-state index contributed by atoms with van der Waals surface area (Å²) >= 11 is 6.32. The molecule has 2 aromatic heterocycles. The van der Waals surface area contributed by atoms with Gasteiger partial charge in [-0.05, 0) is 54.7 Å². The normalized spacial score (nSPS) is 13.7. The zero-order chi connectivity index (χ0) is 21.7. The van der Waals surface area contributed by atoms with E-state index in [1.54, 1.807) is 10.5 Å². The highest BCUT2D eigenvalue weighted by atomic mass is 35.5. The van der Waals surface area contributed by atoms with Crippen molar-refractivity contribution in [2.24, 2.45) is 0 Å². The molecule has 0 bridgehead atoms. The molecule has 158 valence electrons. The summed E-state index contributed by atoms with van der Waals surface area (Å²) in [5, 5.41) is 9.01. The molecule has 1 N–H and O–H groups in total. The van der Waals surface area contributed by atoms with Crippen LogP contribution < -0.4 is 5.56 Å². The SMILES string of the molecule is CCCc1nnc2c(=O)[nH]c3cc(C(=O)N4CCc5c(Cl)cccc5C4)c(C)cc3n12. The lowest BCUT2D eigenvalue weighted by Crippen LogP contribution is -2.36. The van der Waals surface area contributed by atoms with Gasteiger partial charge in [0.05, 0.1) is 11.0 Å². The van der Waals surface area contributed by atoms with Crippen LogP contribution in [0, 0.1) is 6.92 Å². The number of aryl methyl sites for hydroxylation is 2. The monoisotopic (exact) mass is 435 g/mol. The van der Waals surface area contributed by atoms with Gasteiger partial charge in [0, 0.05) is 30.1 Å². The van der Waals surface area contributed by atoms with E-state index in [-0.39, 0.29) is 17.1 Å². The molecule has 7 nitrogen and oxygen atoms in total. The molecule has 8 heteroatoms. The number of aromatic amines is 1. The van der Waals surface area contributed by atoms with Gasteiger partial charge in [0.2, 0.25) is 5.65 Å². The second-order valence-electron chi connectivity index (χ2n) is 8.02. The van der Waals surface area contributed by atoms with Gasteiger partial charge in [0.15, 0.2) is 0 Å². The van der Waals surface area contributed by atoms with Crippen LogP contribution in [0.3, 0.4) is 0 Å². The smallest absolute Gasteiger partial charge is 0.294 e. The first-order valence-corrected chi connectivity index (χ1v) is 10.8. The van der Waals surface area contributed by atoms with Crippen molar-refractivity contribution in [1.29, 1.82) is 0 Å². The lowest BCUT2D eigenvalue weighted by Gasteiger charge is -2.30. The Bertz CT molecular complexity index is 1400. The molecule has 0 unspecified atom stereocenters. The molecule has 1 amide bonds. The number of amides is 1. The van der Waals surface area contributed by atoms with Gasteiger partial charge >= 0.3 is 0 Å². The van der Waals surface area contributed by atoms with Gasteiger partial charge in [0.1, 0.15) is 5.82 Å². The molecule has 5 rings (SSSR count). The second-order valence-corrected chi connectivity index (χ2v) is 8.43. The summed E-state index contributed by atoms with van der Waals surface area (Å²) in [6.07, 6.45) is 2.34. The molecule has 0 spiro atoms. The van der Waals surface area contributed by atoms with E-state index in [2.05, 4.69) is 22.1 Å². The number of hydrogen-bond donors (Lipinski definition) is 1. The third-order valence-corrected chi connectivity index (χ3v) is 6.32. The van der Waals surface area contributed by atoms with Gasteiger partial charge in [-0.25, -0.2) is 0 Å². The van der Waals surface area contributed by atoms with E-state index < -0.39 is 0 Å². The summed E-state index contributed by atoms with van der Waals surface area (Å²) in [5.41, 5.74) is 4.99. The van der Waals surface area contributed by atoms with Gasteiger partial charge in [0.25, 0.3) is 11.5 Å². The number of fused-ring (bicyclic) bond motifs is 4. The standard InChI is InChI=1S/C23H22ClN5O2/c1-3-5-20-26-27-21-22(30)25-18-11-16(13(2)10-19(18)29(20)21)23(31)28-9-8-15-14(12-28)6-4-7-17(15)24/h4,6-7,10-11H,3,5,8-9,12H2,1-2H3,(H,25,30). The fourth-order valence-corrected chi connectivity index (χ4v) is 4.68. The minimum absolute atomic E-state index is 0.0523. The summed E-state index contributed by atoms with van der Waals surface area (Å²) in [6, 6.07) is 9.53. The maximum Gasteiger partial charge on any atom is 0.294 e. The number of rotatable bonds is 3. The summed E-state index contributed by atoms with van der Waals surface area (Å²) < 4.78 is 1.80. The summed E-state index contributed by atoms with van der Waals surface area (Å²) in [5.74, 6) is 0.695. The maximum atomic E-state index is 13.4. The topological polar surface area (TPSA) is 83.4 Å². The van der Waals surface area contributed by atoms with Crippen LogP contribution in [-0.2, 0) is 19.4 Å². The third-order valence-electron chi connectivity index (χ3n) is 5.96. The van der Waals surface area contributed by atoms with Crippen molar-refractivity contribution in [3.63, 3.8) is 0 Å². The largest absolute Gasteiger partial charge is 0.334 e. The van der Waals surface area contributed by atoms with Crippen LogP contribution in [0.2, 0.25) is 5.02 Å². The molecule has 0 radical (unpaired) electrons. The number of H-pyrrole nitrogens is 1. The number of carbonyl (C=O) groups excluding carboxylic acids is 1. The molecular weight excluding hydrogens is 414 g/mol. The lowest BCUT2D eigenvalue weighted by molar-refractivity contribution is 0.0734. The molecule has 31 heavy (non-hydrogen) atoms. The number of aromatic nitrogens is 4. The molecule has 0 atom stereocenters. The Hall–Kier alpha value is -3.19. The predicted molar refractivity (Wildman–Crippen MR) is 120 cm³/mol. The Labute approximate surface area is 183 Å². The van der Waals surface area contributed by atoms with Crippen molar-refractivity contribution in [1.82, 2.24) is 24.5 Å². The van der Waals surface area contributed by atoms with Crippen LogP contribution in [-0.4, -0.2) is 36.9 Å². The van der Waals surface area contributed by atoms with E-state index in [1.807, 2.05) is 36.1 Å². The molecular formula is C23H22ClN5O2. The van der Waals surface area contributed by atoms with E-state index in [9.17, 15) is 9.59 Å². The summed E-state index contributed by atoms with van der Waals surface area (Å²) in [6.45, 7) is 5.10. The van der Waals surface area contributed by atoms with Gasteiger partial charge in [-0.1, -0.05) is 30.7 Å². The summed E-state index contributed by atoms with van der Waals surface area (Å²) in [7, 11) is 0. The van der Waals surface area contributed by atoms with Crippen LogP contribution in [0.15, 0.2) is 35.1 Å². The number of halogens is 1.